The van der Waals surface area contributed by atoms with Gasteiger partial charge >= 0.3 is 0 Å². The number of rotatable bonds is 8. The summed E-state index contributed by atoms with van der Waals surface area (Å²) in [6.45, 7) is 14.7. The van der Waals surface area contributed by atoms with Crippen LogP contribution in [0.3, 0.4) is 0 Å². The molecule has 1 fully saturated rings. The van der Waals surface area contributed by atoms with Crippen LogP contribution in [-0.2, 0) is 4.79 Å². The molecule has 0 radical (unpaired) electrons. The van der Waals surface area contributed by atoms with Crippen LogP contribution in [0.15, 0.2) is 0 Å². The summed E-state index contributed by atoms with van der Waals surface area (Å²) in [6.07, 6.45) is 2.35. The van der Waals surface area contributed by atoms with E-state index in [4.69, 9.17) is 5.73 Å². The summed E-state index contributed by atoms with van der Waals surface area (Å²) in [4.78, 5) is 19.2. The van der Waals surface area contributed by atoms with Gasteiger partial charge in [0, 0.05) is 51.9 Å². The summed E-state index contributed by atoms with van der Waals surface area (Å²) in [5, 5.41) is 0. The quantitative estimate of drug-likeness (QED) is 0.726. The highest BCUT2D eigenvalue weighted by Gasteiger charge is 2.29. The molecule has 0 aromatic rings. The fourth-order valence-corrected chi connectivity index (χ4v) is 3.23. The Kier molecular flexibility index (Phi) is 8.22. The van der Waals surface area contributed by atoms with Crippen molar-refractivity contribution in [3.8, 4) is 0 Å². The Morgan fingerprint density at radius 2 is 1.62 bits per heavy atom. The molecule has 1 heterocycles. The Labute approximate surface area is 130 Å². The van der Waals surface area contributed by atoms with Crippen molar-refractivity contribution >= 4 is 5.91 Å². The maximum atomic E-state index is 12.4. The van der Waals surface area contributed by atoms with Gasteiger partial charge in [0.25, 0.3) is 0 Å². The highest BCUT2D eigenvalue weighted by atomic mass is 16.2. The van der Waals surface area contributed by atoms with Crippen LogP contribution in [0, 0.1) is 0 Å². The van der Waals surface area contributed by atoms with E-state index >= 15 is 0 Å². The number of hydrogen-bond acceptors (Lipinski definition) is 4. The lowest BCUT2D eigenvalue weighted by atomic mass is 10.1. The average Bonchev–Trinajstić information content (AvgIpc) is 2.53. The van der Waals surface area contributed by atoms with Gasteiger partial charge in [0.2, 0.25) is 5.91 Å². The molecular formula is C16H34N4O. The summed E-state index contributed by atoms with van der Waals surface area (Å²) in [5.41, 5.74) is 5.89. The van der Waals surface area contributed by atoms with E-state index in [-0.39, 0.29) is 11.9 Å². The van der Waals surface area contributed by atoms with Crippen molar-refractivity contribution in [2.75, 3.05) is 45.8 Å². The third kappa shape index (κ3) is 4.94. The zero-order chi connectivity index (χ0) is 15.8. The number of nitrogens with zero attached hydrogens (tertiary/aromatic N) is 3. The molecule has 1 aliphatic heterocycles. The second-order valence-corrected chi connectivity index (χ2v) is 5.94. The molecule has 1 amide bonds. The first kappa shape index (κ1) is 18.4. The standard InChI is InChI=1S/C16H34N4O/c1-5-8-15(13-17)20-11-9-19(10-12-20)14(4)16(21)18(6-2)7-3/h14-15H,5-13,17H2,1-4H3. The average molecular weight is 298 g/mol. The maximum Gasteiger partial charge on any atom is 0.239 e. The van der Waals surface area contributed by atoms with Crippen molar-refractivity contribution in [1.29, 1.82) is 0 Å². The largest absolute Gasteiger partial charge is 0.342 e. The predicted octanol–water partition coefficient (Wildman–Crippen LogP) is 0.988. The van der Waals surface area contributed by atoms with Crippen LogP contribution < -0.4 is 5.73 Å². The molecule has 5 heteroatoms. The Morgan fingerprint density at radius 3 is 2.05 bits per heavy atom. The Morgan fingerprint density at radius 1 is 1.10 bits per heavy atom. The molecule has 1 saturated heterocycles. The third-order valence-corrected chi connectivity index (χ3v) is 4.74. The van der Waals surface area contributed by atoms with Crippen molar-refractivity contribution < 1.29 is 4.79 Å². The number of carbonyl (C=O) groups is 1. The summed E-state index contributed by atoms with van der Waals surface area (Å²) >= 11 is 0. The monoisotopic (exact) mass is 298 g/mol. The molecule has 2 N–H and O–H groups in total. The van der Waals surface area contributed by atoms with E-state index in [9.17, 15) is 4.79 Å². The van der Waals surface area contributed by atoms with Gasteiger partial charge in [-0.15, -0.1) is 0 Å². The third-order valence-electron chi connectivity index (χ3n) is 4.74. The zero-order valence-corrected chi connectivity index (χ0v) is 14.3. The van der Waals surface area contributed by atoms with Crippen LogP contribution in [0.25, 0.3) is 0 Å². The van der Waals surface area contributed by atoms with Gasteiger partial charge < -0.3 is 10.6 Å². The minimum Gasteiger partial charge on any atom is -0.342 e. The van der Waals surface area contributed by atoms with Gasteiger partial charge in [-0.25, -0.2) is 0 Å². The fourth-order valence-electron chi connectivity index (χ4n) is 3.23. The number of piperazine rings is 1. The number of likely N-dealkylation sites (N-methyl/N-ethyl adjacent to an activating group) is 1. The van der Waals surface area contributed by atoms with Gasteiger partial charge in [-0.3, -0.25) is 14.6 Å². The minimum atomic E-state index is -0.00504. The molecule has 5 nitrogen and oxygen atoms in total. The molecule has 2 unspecified atom stereocenters. The van der Waals surface area contributed by atoms with Crippen LogP contribution in [-0.4, -0.2) is 78.5 Å². The van der Waals surface area contributed by atoms with Crippen molar-refractivity contribution in [1.82, 2.24) is 14.7 Å². The molecule has 21 heavy (non-hydrogen) atoms. The van der Waals surface area contributed by atoms with Gasteiger partial charge in [0.15, 0.2) is 0 Å². The van der Waals surface area contributed by atoms with Gasteiger partial charge in [-0.2, -0.15) is 0 Å². The molecule has 2 atom stereocenters. The number of nitrogens with two attached hydrogens (primary N) is 1. The van der Waals surface area contributed by atoms with Gasteiger partial charge in [-0.1, -0.05) is 13.3 Å². The highest BCUT2D eigenvalue weighted by Crippen LogP contribution is 2.13. The number of amides is 1. The van der Waals surface area contributed by atoms with Crippen LogP contribution in [0.5, 0.6) is 0 Å². The molecule has 124 valence electrons. The van der Waals surface area contributed by atoms with Crippen LogP contribution in [0.4, 0.5) is 0 Å². The second-order valence-electron chi connectivity index (χ2n) is 5.94. The Bertz CT molecular complexity index is 299. The fraction of sp³-hybridized carbons (Fsp3) is 0.938. The van der Waals surface area contributed by atoms with Gasteiger partial charge in [-0.05, 0) is 27.2 Å². The van der Waals surface area contributed by atoms with Crippen molar-refractivity contribution in [2.24, 2.45) is 5.73 Å². The predicted molar refractivity (Wildman–Crippen MR) is 88.3 cm³/mol. The van der Waals surface area contributed by atoms with Crippen LogP contribution in [0.1, 0.15) is 40.5 Å². The molecule has 1 aliphatic rings. The van der Waals surface area contributed by atoms with E-state index in [0.717, 1.165) is 45.8 Å². The van der Waals surface area contributed by atoms with E-state index in [1.165, 1.54) is 12.8 Å². The van der Waals surface area contributed by atoms with Crippen LogP contribution >= 0.6 is 0 Å². The summed E-state index contributed by atoms with van der Waals surface area (Å²) in [6, 6.07) is 0.500. The smallest absolute Gasteiger partial charge is 0.239 e. The molecule has 0 aliphatic carbocycles. The Balaban J connectivity index is 2.50. The van der Waals surface area contributed by atoms with E-state index in [1.807, 2.05) is 25.7 Å². The lowest BCUT2D eigenvalue weighted by Crippen LogP contribution is -2.57. The van der Waals surface area contributed by atoms with Crippen molar-refractivity contribution in [3.63, 3.8) is 0 Å². The SMILES string of the molecule is CCCC(CN)N1CCN(C(C)C(=O)N(CC)CC)CC1. The molecule has 0 aromatic heterocycles. The molecule has 0 bridgehead atoms. The molecule has 1 rings (SSSR count). The normalized spacial score (nSPS) is 20.2. The van der Waals surface area contributed by atoms with E-state index in [0.29, 0.717) is 6.04 Å². The first-order valence-corrected chi connectivity index (χ1v) is 8.55. The Hall–Kier alpha value is -0.650. The topological polar surface area (TPSA) is 52.8 Å². The minimum absolute atomic E-state index is 0.00504. The molecule has 0 spiro atoms. The molecule has 0 aromatic carbocycles. The van der Waals surface area contributed by atoms with E-state index < -0.39 is 0 Å². The summed E-state index contributed by atoms with van der Waals surface area (Å²) in [5.74, 6) is 0.261. The number of carbonyl (C=O) groups excluding carboxylic acids is 1. The first-order valence-electron chi connectivity index (χ1n) is 8.55. The van der Waals surface area contributed by atoms with E-state index in [1.54, 1.807) is 0 Å². The number of hydrogen-bond donors (Lipinski definition) is 1. The maximum absolute atomic E-state index is 12.4. The lowest BCUT2D eigenvalue weighted by Gasteiger charge is -2.41. The lowest BCUT2D eigenvalue weighted by molar-refractivity contribution is -0.136. The van der Waals surface area contributed by atoms with Crippen LogP contribution in [0.2, 0.25) is 0 Å². The van der Waals surface area contributed by atoms with Crippen molar-refractivity contribution in [2.45, 2.75) is 52.6 Å². The zero-order valence-electron chi connectivity index (χ0n) is 14.3. The molecular weight excluding hydrogens is 264 g/mol. The molecule has 0 saturated carbocycles. The second kappa shape index (κ2) is 9.38. The van der Waals surface area contributed by atoms with Gasteiger partial charge in [0.05, 0.1) is 6.04 Å². The summed E-state index contributed by atoms with van der Waals surface area (Å²) in [7, 11) is 0. The van der Waals surface area contributed by atoms with Gasteiger partial charge in [0.1, 0.15) is 0 Å². The first-order chi connectivity index (χ1) is 10.1. The van der Waals surface area contributed by atoms with E-state index in [2.05, 4.69) is 16.7 Å². The van der Waals surface area contributed by atoms with Crippen molar-refractivity contribution in [3.05, 3.63) is 0 Å². The highest BCUT2D eigenvalue weighted by molar-refractivity contribution is 5.81. The summed E-state index contributed by atoms with van der Waals surface area (Å²) < 4.78 is 0.